The fraction of sp³-hybridized carbons (Fsp3) is 0.529. The summed E-state index contributed by atoms with van der Waals surface area (Å²) in [6, 6.07) is -0.0335. The lowest BCUT2D eigenvalue weighted by molar-refractivity contribution is 0.0928. The summed E-state index contributed by atoms with van der Waals surface area (Å²) in [6.07, 6.45) is 6.67. The smallest absolute Gasteiger partial charge is 0.271 e. The maximum Gasteiger partial charge on any atom is 0.271 e. The third-order valence-corrected chi connectivity index (χ3v) is 5.03. The lowest BCUT2D eigenvalue weighted by Gasteiger charge is -2.26. The number of hydrogen-bond donors (Lipinski definition) is 1. The summed E-state index contributed by atoms with van der Waals surface area (Å²) in [7, 11) is 3.86. The van der Waals surface area contributed by atoms with Crippen LogP contribution in [0.2, 0.25) is 0 Å². The SMILES string of the molecule is CCCc1nc(C(=O)N[C@@H]2CCCc3nc(N(C)C)ncc32)cs1. The van der Waals surface area contributed by atoms with E-state index in [1.165, 1.54) is 0 Å². The van der Waals surface area contributed by atoms with Crippen molar-refractivity contribution in [1.82, 2.24) is 20.3 Å². The van der Waals surface area contributed by atoms with Crippen molar-refractivity contribution in [2.45, 2.75) is 45.1 Å². The second-order valence-corrected chi connectivity index (χ2v) is 7.20. The second kappa shape index (κ2) is 7.25. The molecule has 2 aromatic heterocycles. The molecular formula is C17H23N5OS. The van der Waals surface area contributed by atoms with E-state index in [-0.39, 0.29) is 11.9 Å². The van der Waals surface area contributed by atoms with E-state index in [1.54, 1.807) is 11.3 Å². The molecule has 6 nitrogen and oxygen atoms in total. The number of rotatable bonds is 5. The second-order valence-electron chi connectivity index (χ2n) is 6.26. The standard InChI is InChI=1S/C17H23N5OS/c1-4-6-15-19-14(10-24-15)16(23)20-12-7-5-8-13-11(12)9-18-17(21-13)22(2)3/h9-10,12H,4-8H2,1-3H3,(H,20,23)/t12-/m1/s1. The molecule has 0 unspecified atom stereocenters. The zero-order chi connectivity index (χ0) is 17.1. The van der Waals surface area contributed by atoms with Crippen molar-refractivity contribution in [3.63, 3.8) is 0 Å². The van der Waals surface area contributed by atoms with Crippen LogP contribution in [0.5, 0.6) is 0 Å². The molecule has 0 bridgehead atoms. The molecule has 2 aromatic rings. The number of carbonyl (C=O) groups is 1. The molecule has 24 heavy (non-hydrogen) atoms. The Labute approximate surface area is 146 Å². The van der Waals surface area contributed by atoms with E-state index in [1.807, 2.05) is 30.6 Å². The number of nitrogens with one attached hydrogen (secondary N) is 1. The van der Waals surface area contributed by atoms with Gasteiger partial charge in [0.15, 0.2) is 0 Å². The van der Waals surface area contributed by atoms with Crippen molar-refractivity contribution in [3.8, 4) is 0 Å². The van der Waals surface area contributed by atoms with Gasteiger partial charge >= 0.3 is 0 Å². The summed E-state index contributed by atoms with van der Waals surface area (Å²) >= 11 is 1.55. The number of nitrogens with zero attached hydrogens (tertiary/aromatic N) is 4. The third kappa shape index (κ3) is 3.56. The van der Waals surface area contributed by atoms with Gasteiger partial charge in [-0.3, -0.25) is 4.79 Å². The highest BCUT2D eigenvalue weighted by molar-refractivity contribution is 7.09. The Balaban J connectivity index is 1.75. The first kappa shape index (κ1) is 16.8. The van der Waals surface area contributed by atoms with Crippen LogP contribution in [0.15, 0.2) is 11.6 Å². The summed E-state index contributed by atoms with van der Waals surface area (Å²) in [5.41, 5.74) is 2.58. The van der Waals surface area contributed by atoms with Crippen LogP contribution in [-0.4, -0.2) is 35.0 Å². The summed E-state index contributed by atoms with van der Waals surface area (Å²) in [5.74, 6) is 0.604. The van der Waals surface area contributed by atoms with Crippen LogP contribution in [0.1, 0.15) is 59.0 Å². The van der Waals surface area contributed by atoms with Crippen molar-refractivity contribution in [2.24, 2.45) is 0 Å². The van der Waals surface area contributed by atoms with E-state index in [9.17, 15) is 4.79 Å². The van der Waals surface area contributed by atoms with Crippen molar-refractivity contribution in [3.05, 3.63) is 33.5 Å². The molecule has 128 valence electrons. The lowest BCUT2D eigenvalue weighted by atomic mass is 9.92. The zero-order valence-electron chi connectivity index (χ0n) is 14.4. The number of hydrogen-bond acceptors (Lipinski definition) is 6. The van der Waals surface area contributed by atoms with Crippen LogP contribution in [0, 0.1) is 0 Å². The fourth-order valence-electron chi connectivity index (χ4n) is 2.88. The van der Waals surface area contributed by atoms with Crippen LogP contribution < -0.4 is 10.2 Å². The zero-order valence-corrected chi connectivity index (χ0v) is 15.2. The third-order valence-electron chi connectivity index (χ3n) is 4.12. The van der Waals surface area contributed by atoms with Crippen molar-refractivity contribution >= 4 is 23.2 Å². The van der Waals surface area contributed by atoms with E-state index in [4.69, 9.17) is 0 Å². The van der Waals surface area contributed by atoms with Gasteiger partial charge < -0.3 is 10.2 Å². The Morgan fingerprint density at radius 1 is 1.42 bits per heavy atom. The minimum absolute atomic E-state index is 0.0335. The minimum Gasteiger partial charge on any atom is -0.347 e. The largest absolute Gasteiger partial charge is 0.347 e. The van der Waals surface area contributed by atoms with E-state index in [0.29, 0.717) is 11.6 Å². The molecule has 0 saturated carbocycles. The lowest BCUT2D eigenvalue weighted by Crippen LogP contribution is -2.32. The minimum atomic E-state index is -0.108. The van der Waals surface area contributed by atoms with Gasteiger partial charge in [-0.05, 0) is 32.1 Å². The summed E-state index contributed by atoms with van der Waals surface area (Å²) in [5, 5.41) is 5.97. The topological polar surface area (TPSA) is 71.0 Å². The summed E-state index contributed by atoms with van der Waals surface area (Å²) < 4.78 is 0. The van der Waals surface area contributed by atoms with E-state index >= 15 is 0 Å². The van der Waals surface area contributed by atoms with Crippen molar-refractivity contribution in [2.75, 3.05) is 19.0 Å². The number of anilines is 1. The van der Waals surface area contributed by atoms with Gasteiger partial charge in [0.05, 0.1) is 16.7 Å². The van der Waals surface area contributed by atoms with Gasteiger partial charge in [0.25, 0.3) is 5.91 Å². The monoisotopic (exact) mass is 345 g/mol. The quantitative estimate of drug-likeness (QED) is 0.902. The molecule has 3 rings (SSSR count). The van der Waals surface area contributed by atoms with Gasteiger partial charge in [-0.1, -0.05) is 6.92 Å². The molecule has 1 atom stereocenters. The molecule has 1 N–H and O–H groups in total. The Kier molecular flexibility index (Phi) is 5.08. The average molecular weight is 345 g/mol. The van der Waals surface area contributed by atoms with E-state index < -0.39 is 0 Å². The first-order chi connectivity index (χ1) is 11.6. The predicted molar refractivity (Wildman–Crippen MR) is 95.6 cm³/mol. The molecule has 0 spiro atoms. The van der Waals surface area contributed by atoms with Gasteiger partial charge in [-0.2, -0.15) is 0 Å². The molecular weight excluding hydrogens is 322 g/mol. The number of thiazole rings is 1. The molecule has 1 aliphatic rings. The molecule has 1 aliphatic carbocycles. The van der Waals surface area contributed by atoms with Crippen LogP contribution >= 0.6 is 11.3 Å². The number of aromatic nitrogens is 3. The first-order valence-electron chi connectivity index (χ1n) is 8.37. The maximum atomic E-state index is 12.5. The molecule has 0 aromatic carbocycles. The molecule has 0 aliphatic heterocycles. The molecule has 0 saturated heterocycles. The van der Waals surface area contributed by atoms with Gasteiger partial charge in [-0.25, -0.2) is 15.0 Å². The Bertz CT molecular complexity index is 728. The first-order valence-corrected chi connectivity index (χ1v) is 9.25. The van der Waals surface area contributed by atoms with Gasteiger partial charge in [0.1, 0.15) is 5.69 Å². The van der Waals surface area contributed by atoms with E-state index in [0.717, 1.165) is 48.4 Å². The number of fused-ring (bicyclic) bond motifs is 1. The molecule has 7 heteroatoms. The number of carbonyl (C=O) groups excluding carboxylic acids is 1. The highest BCUT2D eigenvalue weighted by atomic mass is 32.1. The van der Waals surface area contributed by atoms with Crippen molar-refractivity contribution < 1.29 is 4.79 Å². The average Bonchev–Trinajstić information content (AvgIpc) is 3.04. The summed E-state index contributed by atoms with van der Waals surface area (Å²) in [4.78, 5) is 27.8. The molecule has 2 heterocycles. The van der Waals surface area contributed by atoms with Crippen LogP contribution in [0.4, 0.5) is 5.95 Å². The highest BCUT2D eigenvalue weighted by Gasteiger charge is 2.25. The van der Waals surface area contributed by atoms with Gasteiger partial charge in [0, 0.05) is 31.2 Å². The Morgan fingerprint density at radius 2 is 2.25 bits per heavy atom. The highest BCUT2D eigenvalue weighted by Crippen LogP contribution is 2.29. The molecule has 0 radical (unpaired) electrons. The van der Waals surface area contributed by atoms with Crippen molar-refractivity contribution in [1.29, 1.82) is 0 Å². The number of aryl methyl sites for hydroxylation is 2. The Morgan fingerprint density at radius 3 is 3.00 bits per heavy atom. The normalized spacial score (nSPS) is 16.5. The predicted octanol–water partition coefficient (Wildman–Crippen LogP) is 2.76. The van der Waals surface area contributed by atoms with Crippen LogP contribution in [-0.2, 0) is 12.8 Å². The van der Waals surface area contributed by atoms with E-state index in [2.05, 4.69) is 27.2 Å². The maximum absolute atomic E-state index is 12.5. The van der Waals surface area contributed by atoms with Gasteiger partial charge in [-0.15, -0.1) is 11.3 Å². The van der Waals surface area contributed by atoms with Gasteiger partial charge in [0.2, 0.25) is 5.95 Å². The molecule has 0 fully saturated rings. The van der Waals surface area contributed by atoms with Crippen LogP contribution in [0.3, 0.4) is 0 Å². The Hall–Kier alpha value is -2.02. The number of amides is 1. The fourth-order valence-corrected chi connectivity index (χ4v) is 3.76. The van der Waals surface area contributed by atoms with Crippen LogP contribution in [0.25, 0.3) is 0 Å². The molecule has 1 amide bonds. The summed E-state index contributed by atoms with van der Waals surface area (Å²) in [6.45, 7) is 2.11.